The largest absolute Gasteiger partial charge is 0.396 e. The number of aliphatic hydroxyl groups excluding tert-OH is 1. The van der Waals surface area contributed by atoms with Gasteiger partial charge >= 0.3 is 0 Å². The van der Waals surface area contributed by atoms with Gasteiger partial charge < -0.3 is 20.6 Å². The third-order valence-electron chi connectivity index (χ3n) is 2.88. The van der Waals surface area contributed by atoms with E-state index in [0.717, 1.165) is 19.4 Å². The second-order valence-corrected chi connectivity index (χ2v) is 4.30. The molecule has 19 heavy (non-hydrogen) atoms. The molecule has 0 fully saturated rings. The van der Waals surface area contributed by atoms with E-state index in [1.165, 1.54) is 0 Å². The lowest BCUT2D eigenvalue weighted by Gasteiger charge is -2.15. The van der Waals surface area contributed by atoms with Crippen molar-refractivity contribution >= 4 is 11.6 Å². The molecule has 0 aromatic carbocycles. The number of hydrogen-bond donors (Lipinski definition) is 4. The molecule has 0 aliphatic carbocycles. The highest BCUT2D eigenvalue weighted by Crippen LogP contribution is 2.13. The fraction of sp³-hybridized carbons (Fsp3) is 0.667. The minimum atomic E-state index is 0.203. The van der Waals surface area contributed by atoms with Gasteiger partial charge in [0, 0.05) is 26.3 Å². The number of methoxy groups -OCH3 is 1. The Hall–Kier alpha value is -1.44. The molecule has 1 aromatic rings. The zero-order valence-corrected chi connectivity index (χ0v) is 11.5. The fourth-order valence-corrected chi connectivity index (χ4v) is 1.74. The van der Waals surface area contributed by atoms with Crippen LogP contribution < -0.4 is 16.6 Å². The van der Waals surface area contributed by atoms with Crippen LogP contribution in [0.1, 0.15) is 25.6 Å². The van der Waals surface area contributed by atoms with Gasteiger partial charge in [0.15, 0.2) is 5.82 Å². The van der Waals surface area contributed by atoms with Gasteiger partial charge in [-0.3, -0.25) is 0 Å². The number of rotatable bonds is 9. The molecular formula is C12H23N5O2. The van der Waals surface area contributed by atoms with Gasteiger partial charge in [-0.15, -0.1) is 0 Å². The minimum absolute atomic E-state index is 0.203. The highest BCUT2D eigenvalue weighted by molar-refractivity contribution is 5.46. The SMILES string of the molecule is CCC(CCO)CNc1cc(NN)nc(COC)n1. The maximum absolute atomic E-state index is 8.96. The van der Waals surface area contributed by atoms with Crippen LogP contribution in [0, 0.1) is 5.92 Å². The molecule has 7 heteroatoms. The Morgan fingerprint density at radius 3 is 2.74 bits per heavy atom. The van der Waals surface area contributed by atoms with E-state index < -0.39 is 0 Å². The van der Waals surface area contributed by atoms with Crippen molar-refractivity contribution in [3.63, 3.8) is 0 Å². The molecule has 0 bridgehead atoms. The quantitative estimate of drug-likeness (QED) is 0.387. The molecule has 0 amide bonds. The highest BCUT2D eigenvalue weighted by atomic mass is 16.5. The lowest BCUT2D eigenvalue weighted by molar-refractivity contribution is 0.178. The summed E-state index contributed by atoms with van der Waals surface area (Å²) in [5.41, 5.74) is 2.51. The van der Waals surface area contributed by atoms with Gasteiger partial charge in [-0.1, -0.05) is 13.3 Å². The predicted octanol–water partition coefficient (Wildman–Crippen LogP) is 0.729. The Labute approximate surface area is 113 Å². The number of nitrogens with one attached hydrogen (secondary N) is 2. The molecule has 0 aliphatic heterocycles. The lowest BCUT2D eigenvalue weighted by Crippen LogP contribution is -2.17. The summed E-state index contributed by atoms with van der Waals surface area (Å²) >= 11 is 0. The van der Waals surface area contributed by atoms with Crippen molar-refractivity contribution in [2.45, 2.75) is 26.4 Å². The molecule has 1 unspecified atom stereocenters. The Bertz CT molecular complexity index is 375. The second kappa shape index (κ2) is 8.63. The van der Waals surface area contributed by atoms with Crippen LogP contribution in [0.25, 0.3) is 0 Å². The molecule has 1 rings (SSSR count). The van der Waals surface area contributed by atoms with Gasteiger partial charge in [0.2, 0.25) is 0 Å². The van der Waals surface area contributed by atoms with Crippen LogP contribution in [0.2, 0.25) is 0 Å². The number of ether oxygens (including phenoxy) is 1. The van der Waals surface area contributed by atoms with Crippen LogP contribution in [-0.2, 0) is 11.3 Å². The first-order valence-electron chi connectivity index (χ1n) is 6.41. The summed E-state index contributed by atoms with van der Waals surface area (Å²) in [6.07, 6.45) is 1.78. The average molecular weight is 269 g/mol. The van der Waals surface area contributed by atoms with E-state index in [0.29, 0.717) is 30.0 Å². The fourth-order valence-electron chi connectivity index (χ4n) is 1.74. The number of aliphatic hydroxyl groups is 1. The van der Waals surface area contributed by atoms with Gasteiger partial charge in [-0.05, 0) is 12.3 Å². The zero-order valence-electron chi connectivity index (χ0n) is 11.5. The van der Waals surface area contributed by atoms with Crippen molar-refractivity contribution in [3.8, 4) is 0 Å². The van der Waals surface area contributed by atoms with E-state index in [1.54, 1.807) is 13.2 Å². The number of anilines is 2. The van der Waals surface area contributed by atoms with Crippen molar-refractivity contribution in [2.75, 3.05) is 31.0 Å². The third-order valence-corrected chi connectivity index (χ3v) is 2.88. The Morgan fingerprint density at radius 1 is 1.42 bits per heavy atom. The molecule has 1 heterocycles. The van der Waals surface area contributed by atoms with Crippen molar-refractivity contribution < 1.29 is 9.84 Å². The normalized spacial score (nSPS) is 12.2. The van der Waals surface area contributed by atoms with Crippen molar-refractivity contribution in [3.05, 3.63) is 11.9 Å². The second-order valence-electron chi connectivity index (χ2n) is 4.30. The maximum Gasteiger partial charge on any atom is 0.158 e. The van der Waals surface area contributed by atoms with Gasteiger partial charge in [-0.2, -0.15) is 0 Å². The number of hydrogen-bond acceptors (Lipinski definition) is 7. The minimum Gasteiger partial charge on any atom is -0.396 e. The first-order chi connectivity index (χ1) is 9.23. The van der Waals surface area contributed by atoms with E-state index in [9.17, 15) is 0 Å². The van der Waals surface area contributed by atoms with E-state index >= 15 is 0 Å². The maximum atomic E-state index is 8.96. The third kappa shape index (κ3) is 5.37. The highest BCUT2D eigenvalue weighted by Gasteiger charge is 2.08. The van der Waals surface area contributed by atoms with Crippen molar-refractivity contribution in [1.82, 2.24) is 9.97 Å². The van der Waals surface area contributed by atoms with E-state index in [-0.39, 0.29) is 6.61 Å². The molecule has 0 aliphatic rings. The van der Waals surface area contributed by atoms with Crippen molar-refractivity contribution in [1.29, 1.82) is 0 Å². The zero-order chi connectivity index (χ0) is 14.1. The standard InChI is InChI=1S/C12H23N5O2/c1-3-9(4-5-18)7-14-10-6-11(17-13)16-12(15-10)8-19-2/h6,9,18H,3-5,7-8,13H2,1-2H3,(H2,14,15,16,17). The molecule has 0 saturated carbocycles. The van der Waals surface area contributed by atoms with Crippen LogP contribution >= 0.6 is 0 Å². The Morgan fingerprint density at radius 2 is 2.16 bits per heavy atom. The summed E-state index contributed by atoms with van der Waals surface area (Å²) in [6, 6.07) is 1.74. The molecule has 0 saturated heterocycles. The summed E-state index contributed by atoms with van der Waals surface area (Å²) in [5, 5.41) is 12.2. The summed E-state index contributed by atoms with van der Waals surface area (Å²) in [6.45, 7) is 3.39. The van der Waals surface area contributed by atoms with Gasteiger partial charge in [-0.25, -0.2) is 15.8 Å². The van der Waals surface area contributed by atoms with Crippen LogP contribution in [-0.4, -0.2) is 35.3 Å². The molecular weight excluding hydrogens is 246 g/mol. The predicted molar refractivity (Wildman–Crippen MR) is 74.5 cm³/mol. The van der Waals surface area contributed by atoms with Gasteiger partial charge in [0.05, 0.1) is 0 Å². The van der Waals surface area contributed by atoms with Gasteiger partial charge in [0.1, 0.15) is 18.2 Å². The summed E-state index contributed by atoms with van der Waals surface area (Å²) in [5.74, 6) is 7.60. The van der Waals surface area contributed by atoms with E-state index in [4.69, 9.17) is 15.7 Å². The monoisotopic (exact) mass is 269 g/mol. The lowest BCUT2D eigenvalue weighted by atomic mass is 10.0. The molecule has 0 radical (unpaired) electrons. The molecule has 5 N–H and O–H groups in total. The van der Waals surface area contributed by atoms with E-state index in [2.05, 4.69) is 27.6 Å². The first kappa shape index (κ1) is 15.6. The number of aromatic nitrogens is 2. The van der Waals surface area contributed by atoms with Crippen LogP contribution in [0.4, 0.5) is 11.6 Å². The molecule has 0 spiro atoms. The molecule has 1 aromatic heterocycles. The average Bonchev–Trinajstić information content (AvgIpc) is 2.43. The molecule has 108 valence electrons. The summed E-state index contributed by atoms with van der Waals surface area (Å²) in [4.78, 5) is 8.51. The smallest absolute Gasteiger partial charge is 0.158 e. The van der Waals surface area contributed by atoms with Crippen LogP contribution in [0.3, 0.4) is 0 Å². The number of nitrogen functional groups attached to an aromatic ring is 1. The number of nitrogens with zero attached hydrogens (tertiary/aromatic N) is 2. The van der Waals surface area contributed by atoms with Crippen molar-refractivity contribution in [2.24, 2.45) is 11.8 Å². The topological polar surface area (TPSA) is 105 Å². The first-order valence-corrected chi connectivity index (χ1v) is 6.41. The van der Waals surface area contributed by atoms with E-state index in [1.807, 2.05) is 0 Å². The molecule has 7 nitrogen and oxygen atoms in total. The molecule has 1 atom stereocenters. The number of nitrogens with two attached hydrogens (primary N) is 1. The Kier molecular flexibility index (Phi) is 7.09. The van der Waals surface area contributed by atoms with Gasteiger partial charge in [0.25, 0.3) is 0 Å². The van der Waals surface area contributed by atoms with Crippen LogP contribution in [0.15, 0.2) is 6.07 Å². The summed E-state index contributed by atoms with van der Waals surface area (Å²) < 4.78 is 5.01. The Balaban J connectivity index is 2.67. The van der Waals surface area contributed by atoms with Crippen LogP contribution in [0.5, 0.6) is 0 Å². The summed E-state index contributed by atoms with van der Waals surface area (Å²) in [7, 11) is 1.59. The number of hydrazine groups is 1.